The average Bonchev–Trinajstić information content (AvgIpc) is 2.25. The number of ether oxygens (including phenoxy) is 2. The fourth-order valence-electron chi connectivity index (χ4n) is 0.762. The number of carbonyl (C=O) groups excluding carboxylic acids is 1. The number of hydrazine groups is 1. The van der Waals surface area contributed by atoms with E-state index in [0.29, 0.717) is 26.4 Å². The fraction of sp³-hybridized carbons (Fsp3) is 0.875. The highest BCUT2D eigenvalue weighted by molar-refractivity contribution is 5.77. The van der Waals surface area contributed by atoms with Crippen molar-refractivity contribution in [3.63, 3.8) is 0 Å². The molecule has 0 atom stereocenters. The van der Waals surface area contributed by atoms with Crippen molar-refractivity contribution in [2.24, 2.45) is 5.84 Å². The standard InChI is InChI=1S/C8H19N3O4/c9-11-2-4-14-5-6-15-7-8(13)10-1-3-12/h11-12H,1-7,9H2,(H,10,13). The first kappa shape index (κ1) is 14.3. The van der Waals surface area contributed by atoms with Gasteiger partial charge in [0.15, 0.2) is 0 Å². The third-order valence-corrected chi connectivity index (χ3v) is 1.43. The first-order chi connectivity index (χ1) is 7.31. The summed E-state index contributed by atoms with van der Waals surface area (Å²) in [4.78, 5) is 10.9. The molecule has 0 aliphatic carbocycles. The van der Waals surface area contributed by atoms with Gasteiger partial charge in [-0.25, -0.2) is 0 Å². The summed E-state index contributed by atoms with van der Waals surface area (Å²) in [6.07, 6.45) is 0. The van der Waals surface area contributed by atoms with Gasteiger partial charge in [-0.3, -0.25) is 16.1 Å². The Balaban J connectivity index is 3.06. The number of hydrogen-bond donors (Lipinski definition) is 4. The molecule has 0 aliphatic rings. The Morgan fingerprint density at radius 3 is 2.60 bits per heavy atom. The van der Waals surface area contributed by atoms with E-state index in [-0.39, 0.29) is 25.7 Å². The normalized spacial score (nSPS) is 10.3. The van der Waals surface area contributed by atoms with Crippen LogP contribution in [0, 0.1) is 0 Å². The molecule has 0 aliphatic heterocycles. The van der Waals surface area contributed by atoms with Gasteiger partial charge >= 0.3 is 0 Å². The SMILES string of the molecule is NNCCOCCOCC(=O)NCCO. The lowest BCUT2D eigenvalue weighted by Gasteiger charge is -2.05. The quantitative estimate of drug-likeness (QED) is 0.186. The van der Waals surface area contributed by atoms with E-state index in [2.05, 4.69) is 10.7 Å². The first-order valence-corrected chi connectivity index (χ1v) is 4.77. The molecule has 0 rings (SSSR count). The Morgan fingerprint density at radius 2 is 1.93 bits per heavy atom. The molecule has 7 heteroatoms. The number of rotatable bonds is 10. The molecule has 15 heavy (non-hydrogen) atoms. The van der Waals surface area contributed by atoms with E-state index >= 15 is 0 Å². The molecule has 0 fully saturated rings. The Hall–Kier alpha value is -0.730. The van der Waals surface area contributed by atoms with Crippen LogP contribution >= 0.6 is 0 Å². The average molecular weight is 221 g/mol. The minimum absolute atomic E-state index is 0.0154. The van der Waals surface area contributed by atoms with Crippen molar-refractivity contribution < 1.29 is 19.4 Å². The van der Waals surface area contributed by atoms with Gasteiger partial charge in [0.25, 0.3) is 0 Å². The van der Waals surface area contributed by atoms with Crippen LogP contribution in [0.5, 0.6) is 0 Å². The van der Waals surface area contributed by atoms with Crippen LogP contribution in [-0.2, 0) is 14.3 Å². The van der Waals surface area contributed by atoms with E-state index in [1.54, 1.807) is 0 Å². The second-order valence-electron chi connectivity index (χ2n) is 2.69. The maximum absolute atomic E-state index is 10.9. The summed E-state index contributed by atoms with van der Waals surface area (Å²) in [5, 5.41) is 10.9. The molecule has 5 N–H and O–H groups in total. The van der Waals surface area contributed by atoms with Crippen molar-refractivity contribution >= 4 is 5.91 Å². The van der Waals surface area contributed by atoms with Crippen LogP contribution < -0.4 is 16.6 Å². The number of hydrogen-bond acceptors (Lipinski definition) is 6. The van der Waals surface area contributed by atoms with E-state index < -0.39 is 0 Å². The second kappa shape index (κ2) is 11.3. The van der Waals surface area contributed by atoms with Gasteiger partial charge in [0.05, 0.1) is 26.4 Å². The molecular formula is C8H19N3O4. The Kier molecular flexibility index (Phi) is 10.8. The molecule has 0 heterocycles. The number of nitrogens with one attached hydrogen (secondary N) is 2. The minimum atomic E-state index is -0.243. The highest BCUT2D eigenvalue weighted by Crippen LogP contribution is 1.78. The van der Waals surface area contributed by atoms with E-state index in [1.807, 2.05) is 0 Å². The van der Waals surface area contributed by atoms with Crippen molar-refractivity contribution in [3.8, 4) is 0 Å². The molecule has 7 nitrogen and oxygen atoms in total. The summed E-state index contributed by atoms with van der Waals surface area (Å²) in [6.45, 7) is 2.04. The fourth-order valence-corrected chi connectivity index (χ4v) is 0.762. The van der Waals surface area contributed by atoms with E-state index in [4.69, 9.17) is 20.4 Å². The molecule has 0 aromatic heterocycles. The van der Waals surface area contributed by atoms with Crippen LogP contribution in [0.25, 0.3) is 0 Å². The molecule has 90 valence electrons. The van der Waals surface area contributed by atoms with Crippen molar-refractivity contribution in [1.29, 1.82) is 0 Å². The lowest BCUT2D eigenvalue weighted by Crippen LogP contribution is -2.30. The zero-order chi connectivity index (χ0) is 11.4. The Morgan fingerprint density at radius 1 is 1.20 bits per heavy atom. The lowest BCUT2D eigenvalue weighted by molar-refractivity contribution is -0.126. The minimum Gasteiger partial charge on any atom is -0.395 e. The van der Waals surface area contributed by atoms with Crippen LogP contribution in [0.2, 0.25) is 0 Å². The smallest absolute Gasteiger partial charge is 0.246 e. The van der Waals surface area contributed by atoms with Crippen LogP contribution in [-0.4, -0.2) is 57.1 Å². The molecule has 0 aromatic rings. The van der Waals surface area contributed by atoms with E-state index in [0.717, 1.165) is 0 Å². The predicted octanol–water partition coefficient (Wildman–Crippen LogP) is -2.41. The van der Waals surface area contributed by atoms with Crippen LogP contribution in [0.15, 0.2) is 0 Å². The van der Waals surface area contributed by atoms with Gasteiger partial charge in [-0.2, -0.15) is 0 Å². The number of nitrogens with two attached hydrogens (primary N) is 1. The third-order valence-electron chi connectivity index (χ3n) is 1.43. The summed E-state index contributed by atoms with van der Waals surface area (Å²) in [7, 11) is 0. The zero-order valence-corrected chi connectivity index (χ0v) is 8.70. The van der Waals surface area contributed by atoms with Crippen LogP contribution in [0.1, 0.15) is 0 Å². The Bertz CT molecular complexity index is 157. The summed E-state index contributed by atoms with van der Waals surface area (Å²) in [5.41, 5.74) is 2.45. The molecule has 0 bridgehead atoms. The summed E-state index contributed by atoms with van der Waals surface area (Å²) >= 11 is 0. The summed E-state index contributed by atoms with van der Waals surface area (Å²) in [5.74, 6) is 4.78. The molecule has 0 radical (unpaired) electrons. The lowest BCUT2D eigenvalue weighted by atomic mass is 10.6. The molecule has 0 saturated heterocycles. The molecule has 0 aromatic carbocycles. The molecular weight excluding hydrogens is 202 g/mol. The van der Waals surface area contributed by atoms with Crippen molar-refractivity contribution in [3.05, 3.63) is 0 Å². The number of aliphatic hydroxyl groups excluding tert-OH is 1. The molecule has 0 unspecified atom stereocenters. The van der Waals surface area contributed by atoms with Crippen molar-refractivity contribution in [2.75, 3.05) is 46.1 Å². The van der Waals surface area contributed by atoms with Gasteiger partial charge < -0.3 is 19.9 Å². The highest BCUT2D eigenvalue weighted by atomic mass is 16.5. The van der Waals surface area contributed by atoms with Gasteiger partial charge in [0, 0.05) is 13.1 Å². The van der Waals surface area contributed by atoms with E-state index in [1.165, 1.54) is 0 Å². The number of aliphatic hydroxyl groups is 1. The van der Waals surface area contributed by atoms with Crippen molar-refractivity contribution in [1.82, 2.24) is 10.7 Å². The van der Waals surface area contributed by atoms with Crippen molar-refractivity contribution in [2.45, 2.75) is 0 Å². The van der Waals surface area contributed by atoms with Crippen LogP contribution in [0.3, 0.4) is 0 Å². The van der Waals surface area contributed by atoms with Gasteiger partial charge in [-0.15, -0.1) is 0 Å². The van der Waals surface area contributed by atoms with E-state index in [9.17, 15) is 4.79 Å². The zero-order valence-electron chi connectivity index (χ0n) is 8.70. The largest absolute Gasteiger partial charge is 0.395 e. The molecule has 0 spiro atoms. The molecule has 0 saturated carbocycles. The summed E-state index contributed by atoms with van der Waals surface area (Å²) < 4.78 is 10.1. The number of amides is 1. The second-order valence-corrected chi connectivity index (χ2v) is 2.69. The third kappa shape index (κ3) is 11.2. The predicted molar refractivity (Wildman–Crippen MR) is 53.9 cm³/mol. The first-order valence-electron chi connectivity index (χ1n) is 4.77. The van der Waals surface area contributed by atoms with Crippen LogP contribution in [0.4, 0.5) is 0 Å². The van der Waals surface area contributed by atoms with Gasteiger partial charge in [0.1, 0.15) is 6.61 Å². The highest BCUT2D eigenvalue weighted by Gasteiger charge is 1.99. The maximum atomic E-state index is 10.9. The Labute approximate surface area is 88.9 Å². The number of carbonyl (C=O) groups is 1. The summed E-state index contributed by atoms with van der Waals surface area (Å²) in [6, 6.07) is 0. The molecule has 1 amide bonds. The maximum Gasteiger partial charge on any atom is 0.246 e. The topological polar surface area (TPSA) is 106 Å². The van der Waals surface area contributed by atoms with Gasteiger partial charge in [-0.05, 0) is 0 Å². The van der Waals surface area contributed by atoms with Gasteiger partial charge in [0.2, 0.25) is 5.91 Å². The van der Waals surface area contributed by atoms with Gasteiger partial charge in [-0.1, -0.05) is 0 Å². The monoisotopic (exact) mass is 221 g/mol.